The summed E-state index contributed by atoms with van der Waals surface area (Å²) in [6, 6.07) is 14.1. The lowest BCUT2D eigenvalue weighted by molar-refractivity contribution is -0.116. The highest BCUT2D eigenvalue weighted by molar-refractivity contribution is 7.92. The predicted molar refractivity (Wildman–Crippen MR) is 99.6 cm³/mol. The first-order valence-electron chi connectivity index (χ1n) is 7.78. The van der Waals surface area contributed by atoms with Crippen molar-refractivity contribution in [1.29, 1.82) is 0 Å². The smallest absolute Gasteiger partial charge is 0.232 e. The molecule has 0 aliphatic rings. The van der Waals surface area contributed by atoms with Crippen molar-refractivity contribution in [2.45, 2.75) is 13.3 Å². The molecule has 0 unspecified atom stereocenters. The highest BCUT2D eigenvalue weighted by Gasteiger charge is 2.19. The highest BCUT2D eigenvalue weighted by Crippen LogP contribution is 2.22. The van der Waals surface area contributed by atoms with Crippen LogP contribution in [0, 0.1) is 6.92 Å². The van der Waals surface area contributed by atoms with Gasteiger partial charge in [0.15, 0.2) is 0 Å². The third kappa shape index (κ3) is 5.22. The number of anilines is 2. The van der Waals surface area contributed by atoms with E-state index in [1.165, 1.54) is 4.31 Å². The molecule has 0 spiro atoms. The highest BCUT2D eigenvalue weighted by atomic mass is 32.2. The van der Waals surface area contributed by atoms with Gasteiger partial charge in [-0.2, -0.15) is 0 Å². The zero-order valence-electron chi connectivity index (χ0n) is 14.5. The molecule has 7 heteroatoms. The molecule has 0 fully saturated rings. The van der Waals surface area contributed by atoms with Gasteiger partial charge >= 0.3 is 0 Å². The van der Waals surface area contributed by atoms with E-state index >= 15 is 0 Å². The van der Waals surface area contributed by atoms with Crippen LogP contribution in [0.4, 0.5) is 11.4 Å². The average Bonchev–Trinajstić information content (AvgIpc) is 2.56. The van der Waals surface area contributed by atoms with Crippen LogP contribution in [0.1, 0.15) is 12.0 Å². The van der Waals surface area contributed by atoms with E-state index in [0.717, 1.165) is 17.5 Å². The van der Waals surface area contributed by atoms with Gasteiger partial charge in [-0.25, -0.2) is 8.42 Å². The average molecular weight is 362 g/mol. The first-order chi connectivity index (χ1) is 11.8. The number of sulfonamides is 1. The zero-order chi connectivity index (χ0) is 18.4. The molecule has 1 amide bonds. The summed E-state index contributed by atoms with van der Waals surface area (Å²) in [5.41, 5.74) is 2.17. The Bertz CT molecular complexity index is 832. The molecule has 0 heterocycles. The van der Waals surface area contributed by atoms with Crippen LogP contribution >= 0.6 is 0 Å². The second-order valence-electron chi connectivity index (χ2n) is 5.65. The van der Waals surface area contributed by atoms with Gasteiger partial charge in [-0.05, 0) is 42.8 Å². The van der Waals surface area contributed by atoms with Crippen molar-refractivity contribution >= 4 is 27.3 Å². The molecule has 0 saturated carbocycles. The van der Waals surface area contributed by atoms with Crippen molar-refractivity contribution < 1.29 is 17.9 Å². The first kappa shape index (κ1) is 18.8. The quantitative estimate of drug-likeness (QED) is 0.822. The summed E-state index contributed by atoms with van der Waals surface area (Å²) >= 11 is 0. The fraction of sp³-hybridized carbons (Fsp3) is 0.278. The molecule has 1 N–H and O–H groups in total. The summed E-state index contributed by atoms with van der Waals surface area (Å²) in [5.74, 6) is 0.394. The third-order valence-corrected chi connectivity index (χ3v) is 4.92. The molecule has 0 aromatic heterocycles. The number of hydrogen-bond donors (Lipinski definition) is 1. The standard InChI is InChI=1S/C18H22N2O4S/c1-14-6-4-5-7-17(14)19-18(21)12-13-20(25(3,22)23)15-8-10-16(24-2)11-9-15/h4-11H,12-13H2,1-3H3,(H,19,21). The molecule has 0 aliphatic carbocycles. The van der Waals surface area contributed by atoms with E-state index in [1.54, 1.807) is 31.4 Å². The number of nitrogens with one attached hydrogen (secondary N) is 1. The van der Waals surface area contributed by atoms with E-state index in [2.05, 4.69) is 5.32 Å². The van der Waals surface area contributed by atoms with Gasteiger partial charge in [-0.1, -0.05) is 18.2 Å². The van der Waals surface area contributed by atoms with Gasteiger partial charge in [0.25, 0.3) is 0 Å². The largest absolute Gasteiger partial charge is 0.497 e. The topological polar surface area (TPSA) is 75.7 Å². The van der Waals surface area contributed by atoms with Crippen LogP contribution in [0.2, 0.25) is 0 Å². The molecule has 2 aromatic carbocycles. The molecule has 134 valence electrons. The number of amides is 1. The van der Waals surface area contributed by atoms with Crippen LogP contribution in [0.25, 0.3) is 0 Å². The van der Waals surface area contributed by atoms with Crippen LogP contribution in [0.15, 0.2) is 48.5 Å². The Morgan fingerprint density at radius 1 is 1.12 bits per heavy atom. The van der Waals surface area contributed by atoms with Crippen molar-refractivity contribution in [3.05, 3.63) is 54.1 Å². The number of carbonyl (C=O) groups is 1. The molecule has 0 bridgehead atoms. The zero-order valence-corrected chi connectivity index (χ0v) is 15.3. The van der Waals surface area contributed by atoms with Crippen LogP contribution < -0.4 is 14.4 Å². The van der Waals surface area contributed by atoms with Gasteiger partial charge in [0.05, 0.1) is 19.1 Å². The Kier molecular flexibility index (Phi) is 6.03. The van der Waals surface area contributed by atoms with Crippen molar-refractivity contribution in [2.24, 2.45) is 0 Å². The third-order valence-electron chi connectivity index (χ3n) is 3.72. The monoisotopic (exact) mass is 362 g/mol. The molecule has 0 saturated heterocycles. The van der Waals surface area contributed by atoms with Gasteiger partial charge in [0.2, 0.25) is 15.9 Å². The minimum absolute atomic E-state index is 0.0490. The number of rotatable bonds is 7. The second-order valence-corrected chi connectivity index (χ2v) is 7.55. The van der Waals surface area contributed by atoms with Crippen LogP contribution in [-0.2, 0) is 14.8 Å². The summed E-state index contributed by atoms with van der Waals surface area (Å²) in [7, 11) is -1.96. The molecular formula is C18H22N2O4S. The Labute approximate surface area is 148 Å². The molecular weight excluding hydrogens is 340 g/mol. The second kappa shape index (κ2) is 8.02. The summed E-state index contributed by atoms with van der Waals surface area (Å²) in [4.78, 5) is 12.2. The Morgan fingerprint density at radius 3 is 2.32 bits per heavy atom. The Hall–Kier alpha value is -2.54. The van der Waals surface area contributed by atoms with E-state index in [4.69, 9.17) is 4.74 Å². The van der Waals surface area contributed by atoms with E-state index in [-0.39, 0.29) is 18.9 Å². The van der Waals surface area contributed by atoms with Crippen molar-refractivity contribution in [3.63, 3.8) is 0 Å². The summed E-state index contributed by atoms with van der Waals surface area (Å²) in [6.07, 6.45) is 1.17. The fourth-order valence-electron chi connectivity index (χ4n) is 2.36. The van der Waals surface area contributed by atoms with Gasteiger partial charge in [-0.3, -0.25) is 9.10 Å². The lowest BCUT2D eigenvalue weighted by Gasteiger charge is -2.22. The summed E-state index contributed by atoms with van der Waals surface area (Å²) in [5, 5.41) is 2.81. The number of hydrogen-bond acceptors (Lipinski definition) is 4. The van der Waals surface area contributed by atoms with Crippen LogP contribution in [0.3, 0.4) is 0 Å². The van der Waals surface area contributed by atoms with Crippen LogP contribution in [-0.4, -0.2) is 34.2 Å². The number of aryl methyl sites for hydroxylation is 1. The minimum Gasteiger partial charge on any atom is -0.497 e. The van der Waals surface area contributed by atoms with Crippen molar-refractivity contribution in [1.82, 2.24) is 0 Å². The van der Waals surface area contributed by atoms with Gasteiger partial charge in [0.1, 0.15) is 5.75 Å². The van der Waals surface area contributed by atoms with E-state index in [1.807, 2.05) is 31.2 Å². The lowest BCUT2D eigenvalue weighted by atomic mass is 10.2. The molecule has 0 atom stereocenters. The number of para-hydroxylation sites is 1. The normalized spacial score (nSPS) is 11.0. The predicted octanol–water partition coefficient (Wildman–Crippen LogP) is 2.80. The van der Waals surface area contributed by atoms with E-state index in [0.29, 0.717) is 11.4 Å². The number of methoxy groups -OCH3 is 1. The number of benzene rings is 2. The maximum absolute atomic E-state index is 12.2. The van der Waals surface area contributed by atoms with Gasteiger partial charge in [0, 0.05) is 18.7 Å². The maximum Gasteiger partial charge on any atom is 0.232 e. The summed E-state index contributed by atoms with van der Waals surface area (Å²) < 4.78 is 30.4. The number of carbonyl (C=O) groups excluding carboxylic acids is 1. The molecule has 0 aliphatic heterocycles. The SMILES string of the molecule is COc1ccc(N(CCC(=O)Nc2ccccc2C)S(C)(=O)=O)cc1. The lowest BCUT2D eigenvalue weighted by Crippen LogP contribution is -2.33. The minimum atomic E-state index is -3.50. The first-order valence-corrected chi connectivity index (χ1v) is 9.63. The maximum atomic E-state index is 12.2. The fourth-order valence-corrected chi connectivity index (χ4v) is 3.29. The molecule has 2 aromatic rings. The molecule has 2 rings (SSSR count). The molecule has 25 heavy (non-hydrogen) atoms. The van der Waals surface area contributed by atoms with Crippen molar-refractivity contribution in [2.75, 3.05) is 29.5 Å². The van der Waals surface area contributed by atoms with E-state index in [9.17, 15) is 13.2 Å². The number of nitrogens with zero attached hydrogens (tertiary/aromatic N) is 1. The Balaban J connectivity index is 2.07. The van der Waals surface area contributed by atoms with Crippen LogP contribution in [0.5, 0.6) is 5.75 Å². The number of ether oxygens (including phenoxy) is 1. The molecule has 0 radical (unpaired) electrons. The van der Waals surface area contributed by atoms with Gasteiger partial charge < -0.3 is 10.1 Å². The molecule has 6 nitrogen and oxygen atoms in total. The van der Waals surface area contributed by atoms with Crippen molar-refractivity contribution in [3.8, 4) is 5.75 Å². The van der Waals surface area contributed by atoms with Gasteiger partial charge in [-0.15, -0.1) is 0 Å². The van der Waals surface area contributed by atoms with E-state index < -0.39 is 10.0 Å². The summed E-state index contributed by atoms with van der Waals surface area (Å²) in [6.45, 7) is 1.96. The Morgan fingerprint density at radius 2 is 1.76 bits per heavy atom.